The number of aromatic nitrogens is 2. The molecule has 1 fully saturated rings. The summed E-state index contributed by atoms with van der Waals surface area (Å²) in [4.78, 5) is 9.10. The lowest BCUT2D eigenvalue weighted by molar-refractivity contribution is 0.215. The maximum absolute atomic E-state index is 9.29. The number of anilines is 1. The first-order chi connectivity index (χ1) is 13.2. The summed E-state index contributed by atoms with van der Waals surface area (Å²) in [7, 11) is 0. The molecule has 1 aliphatic heterocycles. The number of nitrogens with zero attached hydrogens (tertiary/aromatic N) is 5. The van der Waals surface area contributed by atoms with Gasteiger partial charge in [-0.05, 0) is 19.1 Å². The molecule has 0 amide bonds. The Kier molecular flexibility index (Phi) is 4.86. The van der Waals surface area contributed by atoms with Crippen LogP contribution in [0, 0.1) is 18.3 Å². The van der Waals surface area contributed by atoms with Crippen LogP contribution in [0.25, 0.3) is 11.4 Å². The molecule has 0 atom stereocenters. The minimum atomic E-state index is 0.631. The molecule has 0 aliphatic carbocycles. The number of para-hydroxylation sites is 1. The van der Waals surface area contributed by atoms with Gasteiger partial charge in [-0.25, -0.2) is 0 Å². The van der Waals surface area contributed by atoms with E-state index >= 15 is 0 Å². The van der Waals surface area contributed by atoms with Crippen LogP contribution in [0.15, 0.2) is 53.1 Å². The third kappa shape index (κ3) is 3.83. The summed E-state index contributed by atoms with van der Waals surface area (Å²) in [6, 6.07) is 18.2. The fourth-order valence-corrected chi connectivity index (χ4v) is 3.32. The first-order valence-electron chi connectivity index (χ1n) is 9.09. The first-order valence-corrected chi connectivity index (χ1v) is 9.09. The van der Waals surface area contributed by atoms with E-state index in [0.29, 0.717) is 18.3 Å². The first kappa shape index (κ1) is 17.3. The molecule has 0 unspecified atom stereocenters. The van der Waals surface area contributed by atoms with Crippen molar-refractivity contribution >= 4 is 5.69 Å². The van der Waals surface area contributed by atoms with Gasteiger partial charge in [0.1, 0.15) is 6.07 Å². The standard InChI is InChI=1S/C21H21N5O/c1-16-6-8-17(9-7-16)21-23-20(27-24-21)15-25-10-12-26(13-11-25)19-5-3-2-4-18(19)14-22/h2-9H,10-13,15H2,1H3. The second-order valence-corrected chi connectivity index (χ2v) is 6.77. The van der Waals surface area contributed by atoms with Crippen LogP contribution < -0.4 is 4.90 Å². The van der Waals surface area contributed by atoms with Crippen molar-refractivity contribution in [3.63, 3.8) is 0 Å². The van der Waals surface area contributed by atoms with Gasteiger partial charge in [-0.1, -0.05) is 47.1 Å². The molecule has 136 valence electrons. The predicted molar refractivity (Wildman–Crippen MR) is 103 cm³/mol. The van der Waals surface area contributed by atoms with Crippen molar-refractivity contribution in [1.29, 1.82) is 5.26 Å². The Hall–Kier alpha value is -3.17. The fourth-order valence-electron chi connectivity index (χ4n) is 3.32. The number of nitriles is 1. The lowest BCUT2D eigenvalue weighted by Gasteiger charge is -2.35. The van der Waals surface area contributed by atoms with E-state index in [4.69, 9.17) is 4.52 Å². The maximum Gasteiger partial charge on any atom is 0.241 e. The average molecular weight is 359 g/mol. The van der Waals surface area contributed by atoms with Gasteiger partial charge in [-0.15, -0.1) is 0 Å². The molecule has 0 radical (unpaired) electrons. The molecular weight excluding hydrogens is 338 g/mol. The molecule has 6 heteroatoms. The van der Waals surface area contributed by atoms with Crippen LogP contribution in [0.3, 0.4) is 0 Å². The lowest BCUT2D eigenvalue weighted by Crippen LogP contribution is -2.46. The number of aryl methyl sites for hydroxylation is 1. The number of benzene rings is 2. The number of hydrogen-bond acceptors (Lipinski definition) is 6. The van der Waals surface area contributed by atoms with Gasteiger partial charge in [-0.3, -0.25) is 4.90 Å². The maximum atomic E-state index is 9.29. The lowest BCUT2D eigenvalue weighted by atomic mass is 10.1. The van der Waals surface area contributed by atoms with Crippen molar-refractivity contribution in [2.75, 3.05) is 31.1 Å². The molecule has 0 bridgehead atoms. The van der Waals surface area contributed by atoms with Crippen molar-refractivity contribution < 1.29 is 4.52 Å². The third-order valence-corrected chi connectivity index (χ3v) is 4.87. The Morgan fingerprint density at radius 1 is 1.04 bits per heavy atom. The molecule has 1 saturated heterocycles. The van der Waals surface area contributed by atoms with Crippen LogP contribution >= 0.6 is 0 Å². The van der Waals surface area contributed by atoms with Crippen molar-refractivity contribution in [1.82, 2.24) is 15.0 Å². The van der Waals surface area contributed by atoms with Crippen LogP contribution in [-0.2, 0) is 6.54 Å². The summed E-state index contributed by atoms with van der Waals surface area (Å²) in [5, 5.41) is 13.4. The average Bonchev–Trinajstić information content (AvgIpc) is 3.17. The topological polar surface area (TPSA) is 69.2 Å². The van der Waals surface area contributed by atoms with Crippen molar-refractivity contribution in [2.45, 2.75) is 13.5 Å². The van der Waals surface area contributed by atoms with Gasteiger partial charge in [0.15, 0.2) is 0 Å². The fraction of sp³-hybridized carbons (Fsp3) is 0.286. The van der Waals surface area contributed by atoms with Crippen molar-refractivity contribution in [3.05, 3.63) is 65.5 Å². The largest absolute Gasteiger partial charge is 0.368 e. The van der Waals surface area contributed by atoms with Crippen LogP contribution in [0.2, 0.25) is 0 Å². The van der Waals surface area contributed by atoms with E-state index in [-0.39, 0.29) is 0 Å². The highest BCUT2D eigenvalue weighted by Crippen LogP contribution is 2.22. The molecule has 1 aromatic heterocycles. The zero-order valence-electron chi connectivity index (χ0n) is 15.3. The second kappa shape index (κ2) is 7.60. The molecular formula is C21H21N5O. The van der Waals surface area contributed by atoms with E-state index in [1.807, 2.05) is 48.5 Å². The van der Waals surface area contributed by atoms with Gasteiger partial charge in [-0.2, -0.15) is 10.2 Å². The normalized spacial score (nSPS) is 14.9. The number of hydrogen-bond donors (Lipinski definition) is 0. The van der Waals surface area contributed by atoms with Gasteiger partial charge in [0, 0.05) is 31.7 Å². The van der Waals surface area contributed by atoms with E-state index in [1.54, 1.807) is 0 Å². The highest BCUT2D eigenvalue weighted by molar-refractivity contribution is 5.59. The van der Waals surface area contributed by atoms with Crippen LogP contribution in [0.1, 0.15) is 17.0 Å². The smallest absolute Gasteiger partial charge is 0.241 e. The number of piperazine rings is 1. The van der Waals surface area contributed by atoms with Gasteiger partial charge in [0.05, 0.1) is 17.8 Å². The minimum absolute atomic E-state index is 0.631. The molecule has 27 heavy (non-hydrogen) atoms. The number of rotatable bonds is 4. The zero-order valence-corrected chi connectivity index (χ0v) is 15.3. The summed E-state index contributed by atoms with van der Waals surface area (Å²) in [6.07, 6.45) is 0. The van der Waals surface area contributed by atoms with E-state index < -0.39 is 0 Å². The molecule has 3 aromatic rings. The van der Waals surface area contributed by atoms with E-state index in [1.165, 1.54) is 5.56 Å². The quantitative estimate of drug-likeness (QED) is 0.712. The van der Waals surface area contributed by atoms with Gasteiger partial charge < -0.3 is 9.42 Å². The minimum Gasteiger partial charge on any atom is -0.368 e. The van der Waals surface area contributed by atoms with E-state index in [0.717, 1.165) is 43.0 Å². The molecule has 2 aromatic carbocycles. The van der Waals surface area contributed by atoms with Gasteiger partial charge >= 0.3 is 0 Å². The predicted octanol–water partition coefficient (Wildman–Crippen LogP) is 3.24. The SMILES string of the molecule is Cc1ccc(-c2noc(CN3CCN(c4ccccc4C#N)CC3)n2)cc1. The van der Waals surface area contributed by atoms with Crippen LogP contribution in [0.4, 0.5) is 5.69 Å². The summed E-state index contributed by atoms with van der Waals surface area (Å²) in [5.41, 5.74) is 3.91. The highest BCUT2D eigenvalue weighted by atomic mass is 16.5. The van der Waals surface area contributed by atoms with Gasteiger partial charge in [0.25, 0.3) is 0 Å². The molecule has 0 spiro atoms. The van der Waals surface area contributed by atoms with E-state index in [9.17, 15) is 5.26 Å². The summed E-state index contributed by atoms with van der Waals surface area (Å²) in [6.45, 7) is 6.23. The third-order valence-electron chi connectivity index (χ3n) is 4.87. The highest BCUT2D eigenvalue weighted by Gasteiger charge is 2.21. The van der Waals surface area contributed by atoms with Gasteiger partial charge in [0.2, 0.25) is 11.7 Å². The molecule has 6 nitrogen and oxygen atoms in total. The second-order valence-electron chi connectivity index (χ2n) is 6.77. The molecule has 4 rings (SSSR count). The van der Waals surface area contributed by atoms with Crippen LogP contribution in [0.5, 0.6) is 0 Å². The summed E-state index contributed by atoms with van der Waals surface area (Å²) >= 11 is 0. The van der Waals surface area contributed by atoms with Crippen molar-refractivity contribution in [3.8, 4) is 17.5 Å². The Bertz CT molecular complexity index is 949. The summed E-state index contributed by atoms with van der Waals surface area (Å²) in [5.74, 6) is 1.27. The molecule has 0 saturated carbocycles. The molecule has 2 heterocycles. The summed E-state index contributed by atoms with van der Waals surface area (Å²) < 4.78 is 5.44. The Morgan fingerprint density at radius 2 is 1.78 bits per heavy atom. The molecule has 0 N–H and O–H groups in total. The zero-order chi connectivity index (χ0) is 18.6. The van der Waals surface area contributed by atoms with E-state index in [2.05, 4.69) is 32.9 Å². The monoisotopic (exact) mass is 359 g/mol. The Labute approximate surface area is 158 Å². The van der Waals surface area contributed by atoms with Crippen LogP contribution in [-0.4, -0.2) is 41.2 Å². The molecule has 1 aliphatic rings. The van der Waals surface area contributed by atoms with Crippen molar-refractivity contribution in [2.24, 2.45) is 0 Å². The Morgan fingerprint density at radius 3 is 2.52 bits per heavy atom. The Balaban J connectivity index is 1.37.